The lowest BCUT2D eigenvalue weighted by Crippen LogP contribution is -2.45. The van der Waals surface area contributed by atoms with Gasteiger partial charge in [0.05, 0.1) is 12.7 Å². The van der Waals surface area contributed by atoms with E-state index < -0.39 is 11.0 Å². The monoisotopic (exact) mass is 262 g/mol. The van der Waals surface area contributed by atoms with E-state index in [1.807, 2.05) is 44.2 Å². The summed E-state index contributed by atoms with van der Waals surface area (Å²) in [6, 6.07) is 9.92. The molecule has 19 heavy (non-hydrogen) atoms. The molecule has 0 heterocycles. The summed E-state index contributed by atoms with van der Waals surface area (Å²) in [5, 5.41) is 10.9. The molecule has 0 radical (unpaired) electrons. The van der Waals surface area contributed by atoms with E-state index in [9.17, 15) is 9.90 Å². The molecule has 1 aliphatic rings. The summed E-state index contributed by atoms with van der Waals surface area (Å²) < 4.78 is 4.98. The van der Waals surface area contributed by atoms with Gasteiger partial charge in [0.25, 0.3) is 0 Å². The Hall–Kier alpha value is -1.35. The third kappa shape index (κ3) is 1.96. The third-order valence-electron chi connectivity index (χ3n) is 4.71. The minimum absolute atomic E-state index is 0.0612. The summed E-state index contributed by atoms with van der Waals surface area (Å²) >= 11 is 0. The van der Waals surface area contributed by atoms with Crippen molar-refractivity contribution in [2.75, 3.05) is 7.11 Å². The highest BCUT2D eigenvalue weighted by molar-refractivity contribution is 5.84. The molecule has 0 aromatic heterocycles. The lowest BCUT2D eigenvalue weighted by Gasteiger charge is -2.34. The minimum atomic E-state index is -0.986. The van der Waals surface area contributed by atoms with Gasteiger partial charge in [0, 0.05) is 5.92 Å². The normalized spacial score (nSPS) is 26.0. The molecule has 0 spiro atoms. The smallest absolute Gasteiger partial charge is 0.315 e. The van der Waals surface area contributed by atoms with Crippen LogP contribution in [0.2, 0.25) is 0 Å². The molecule has 1 aromatic rings. The van der Waals surface area contributed by atoms with Crippen molar-refractivity contribution in [2.45, 2.75) is 44.6 Å². The van der Waals surface area contributed by atoms with Gasteiger partial charge in [0.2, 0.25) is 0 Å². The Morgan fingerprint density at radius 3 is 2.42 bits per heavy atom. The summed E-state index contributed by atoms with van der Waals surface area (Å²) in [4.78, 5) is 12.3. The largest absolute Gasteiger partial charge is 0.468 e. The zero-order chi connectivity index (χ0) is 14.1. The van der Waals surface area contributed by atoms with Crippen LogP contribution in [-0.2, 0) is 9.53 Å². The van der Waals surface area contributed by atoms with Crippen molar-refractivity contribution >= 4 is 5.97 Å². The lowest BCUT2D eigenvalue weighted by atomic mass is 9.77. The average Bonchev–Trinajstić information content (AvgIpc) is 3.23. The molecule has 3 nitrogen and oxygen atoms in total. The van der Waals surface area contributed by atoms with E-state index in [1.54, 1.807) is 0 Å². The summed E-state index contributed by atoms with van der Waals surface area (Å²) in [7, 11) is 1.40. The third-order valence-corrected chi connectivity index (χ3v) is 4.71. The van der Waals surface area contributed by atoms with E-state index in [0.717, 1.165) is 5.56 Å². The van der Waals surface area contributed by atoms with Crippen molar-refractivity contribution in [1.29, 1.82) is 0 Å². The van der Waals surface area contributed by atoms with Crippen molar-refractivity contribution in [3.63, 3.8) is 0 Å². The maximum atomic E-state index is 12.3. The number of hydrogen-bond acceptors (Lipinski definition) is 3. The highest BCUT2D eigenvalue weighted by Crippen LogP contribution is 2.67. The summed E-state index contributed by atoms with van der Waals surface area (Å²) in [5.41, 5.74) is -0.652. The molecule has 0 amide bonds. The fourth-order valence-corrected chi connectivity index (χ4v) is 3.34. The predicted molar refractivity (Wildman–Crippen MR) is 73.8 cm³/mol. The van der Waals surface area contributed by atoms with E-state index in [1.165, 1.54) is 7.11 Å². The first-order chi connectivity index (χ1) is 9.05. The first-order valence-corrected chi connectivity index (χ1v) is 6.91. The second-order valence-corrected chi connectivity index (χ2v) is 5.37. The number of ether oxygens (including phenoxy) is 1. The fraction of sp³-hybridized carbons (Fsp3) is 0.562. The molecule has 104 valence electrons. The van der Waals surface area contributed by atoms with E-state index in [-0.39, 0.29) is 11.9 Å². The van der Waals surface area contributed by atoms with Gasteiger partial charge >= 0.3 is 5.97 Å². The zero-order valence-corrected chi connectivity index (χ0v) is 11.8. The van der Waals surface area contributed by atoms with Gasteiger partial charge in [-0.2, -0.15) is 0 Å². The molecule has 0 bridgehead atoms. The number of carbonyl (C=O) groups is 1. The van der Waals surface area contributed by atoms with Crippen LogP contribution in [0.3, 0.4) is 0 Å². The van der Waals surface area contributed by atoms with Crippen molar-refractivity contribution in [3.05, 3.63) is 35.9 Å². The summed E-state index contributed by atoms with van der Waals surface area (Å²) in [6.07, 6.45) is 1.78. The molecule has 0 saturated heterocycles. The number of aliphatic hydroxyl groups is 1. The van der Waals surface area contributed by atoms with Crippen LogP contribution in [0.1, 0.15) is 44.6 Å². The van der Waals surface area contributed by atoms with Crippen LogP contribution < -0.4 is 0 Å². The zero-order valence-electron chi connectivity index (χ0n) is 11.8. The first-order valence-electron chi connectivity index (χ1n) is 6.91. The number of carbonyl (C=O) groups excluding carboxylic acids is 1. The van der Waals surface area contributed by atoms with E-state index in [0.29, 0.717) is 19.3 Å². The number of rotatable bonds is 5. The van der Waals surface area contributed by atoms with Gasteiger partial charge in [-0.05, 0) is 24.8 Å². The van der Waals surface area contributed by atoms with Crippen LogP contribution in [-0.4, -0.2) is 23.8 Å². The quantitative estimate of drug-likeness (QED) is 0.830. The number of hydrogen-bond donors (Lipinski definition) is 1. The Kier molecular flexibility index (Phi) is 3.68. The second-order valence-electron chi connectivity index (χ2n) is 5.37. The Bertz CT molecular complexity index is 450. The van der Waals surface area contributed by atoms with Crippen molar-refractivity contribution in [1.82, 2.24) is 0 Å². The molecule has 2 unspecified atom stereocenters. The predicted octanol–water partition coefficient (Wildman–Crippen LogP) is 2.88. The molecule has 1 aromatic carbocycles. The molecule has 1 saturated carbocycles. The van der Waals surface area contributed by atoms with Gasteiger partial charge < -0.3 is 9.84 Å². The van der Waals surface area contributed by atoms with Crippen molar-refractivity contribution in [2.24, 2.45) is 5.41 Å². The van der Waals surface area contributed by atoms with E-state index >= 15 is 0 Å². The van der Waals surface area contributed by atoms with E-state index in [4.69, 9.17) is 4.74 Å². The Morgan fingerprint density at radius 1 is 1.37 bits per heavy atom. The fourth-order valence-electron chi connectivity index (χ4n) is 3.34. The average molecular weight is 262 g/mol. The van der Waals surface area contributed by atoms with E-state index in [2.05, 4.69) is 0 Å². The second kappa shape index (κ2) is 4.97. The lowest BCUT2D eigenvalue weighted by molar-refractivity contribution is -0.161. The molecular weight excluding hydrogens is 240 g/mol. The highest BCUT2D eigenvalue weighted by Gasteiger charge is 2.71. The van der Waals surface area contributed by atoms with Gasteiger partial charge in [-0.25, -0.2) is 0 Å². The van der Waals surface area contributed by atoms with Gasteiger partial charge in [-0.15, -0.1) is 0 Å². The summed E-state index contributed by atoms with van der Waals surface area (Å²) in [6.45, 7) is 3.85. The van der Waals surface area contributed by atoms with Gasteiger partial charge in [0.15, 0.2) is 0 Å². The molecule has 0 aliphatic heterocycles. The van der Waals surface area contributed by atoms with Crippen LogP contribution >= 0.6 is 0 Å². The molecule has 2 rings (SSSR count). The molecule has 1 fully saturated rings. The van der Waals surface area contributed by atoms with Crippen LogP contribution in [0.4, 0.5) is 0 Å². The minimum Gasteiger partial charge on any atom is -0.468 e. The van der Waals surface area contributed by atoms with Gasteiger partial charge in [0.1, 0.15) is 5.41 Å². The van der Waals surface area contributed by atoms with Crippen LogP contribution in [0.15, 0.2) is 30.3 Å². The molecule has 1 N–H and O–H groups in total. The number of methoxy groups -OCH3 is 1. The van der Waals surface area contributed by atoms with Crippen LogP contribution in [0.25, 0.3) is 0 Å². The molecule has 2 atom stereocenters. The maximum Gasteiger partial charge on any atom is 0.315 e. The Labute approximate surface area is 114 Å². The van der Waals surface area contributed by atoms with Gasteiger partial charge in [-0.1, -0.05) is 44.2 Å². The molecule has 1 aliphatic carbocycles. The number of esters is 1. The first kappa shape index (κ1) is 14.1. The highest BCUT2D eigenvalue weighted by atomic mass is 16.5. The number of benzene rings is 1. The van der Waals surface area contributed by atoms with Gasteiger partial charge in [-0.3, -0.25) is 4.79 Å². The molecular formula is C16H22O3. The topological polar surface area (TPSA) is 46.5 Å². The van der Waals surface area contributed by atoms with Crippen LogP contribution in [0.5, 0.6) is 0 Å². The standard InChI is InChI=1S/C16H22O3/c1-4-15(18,5-2)16(14(17)19-3)11-13(16)12-9-7-6-8-10-12/h6-10,13,18H,4-5,11H2,1-3H3. The molecule has 3 heteroatoms. The van der Waals surface area contributed by atoms with Crippen LogP contribution in [0, 0.1) is 5.41 Å². The van der Waals surface area contributed by atoms with Crippen molar-refractivity contribution < 1.29 is 14.6 Å². The summed E-state index contributed by atoms with van der Waals surface area (Å²) in [5.74, 6) is -0.224. The Morgan fingerprint density at radius 2 is 1.95 bits per heavy atom. The van der Waals surface area contributed by atoms with Crippen molar-refractivity contribution in [3.8, 4) is 0 Å². The maximum absolute atomic E-state index is 12.3. The SMILES string of the molecule is CCC(O)(CC)C1(C(=O)OC)CC1c1ccccc1. The Balaban J connectivity index is 2.39.